The molecule has 2 aromatic heterocycles. The summed E-state index contributed by atoms with van der Waals surface area (Å²) in [5, 5.41) is 8.26. The van der Waals surface area contributed by atoms with Crippen LogP contribution in [0.25, 0.3) is 22.2 Å². The van der Waals surface area contributed by atoms with Crippen molar-refractivity contribution in [3.63, 3.8) is 0 Å². The topological polar surface area (TPSA) is 66.3 Å². The number of nitrogens with one attached hydrogen (secondary N) is 1. The number of benzene rings is 2. The van der Waals surface area contributed by atoms with Crippen LogP contribution in [0.3, 0.4) is 0 Å². The normalized spacial score (nSPS) is 16.9. The number of halogens is 3. The summed E-state index contributed by atoms with van der Waals surface area (Å²) in [5.41, 5.74) is 2.36. The number of carbonyl (C=O) groups excluding carboxylic acids is 1. The van der Waals surface area contributed by atoms with Gasteiger partial charge in [0.1, 0.15) is 0 Å². The van der Waals surface area contributed by atoms with Gasteiger partial charge in [0.25, 0.3) is 0 Å². The lowest BCUT2D eigenvalue weighted by atomic mass is 10.1. The molecule has 36 heavy (non-hydrogen) atoms. The van der Waals surface area contributed by atoms with Gasteiger partial charge in [-0.2, -0.15) is 18.3 Å². The van der Waals surface area contributed by atoms with Crippen molar-refractivity contribution in [3.8, 4) is 11.3 Å². The molecule has 10 heteroatoms. The van der Waals surface area contributed by atoms with Gasteiger partial charge in [-0.15, -0.1) is 0 Å². The summed E-state index contributed by atoms with van der Waals surface area (Å²) in [5.74, 6) is 0.451. The van der Waals surface area contributed by atoms with Crippen LogP contribution in [0.5, 0.6) is 0 Å². The highest BCUT2D eigenvalue weighted by Crippen LogP contribution is 2.41. The van der Waals surface area contributed by atoms with Gasteiger partial charge >= 0.3 is 12.2 Å². The fraction of sp³-hybridized carbons (Fsp3) is 0.269. The second-order valence-electron chi connectivity index (χ2n) is 9.01. The molecule has 0 spiro atoms. The lowest BCUT2D eigenvalue weighted by Crippen LogP contribution is -2.48. The summed E-state index contributed by atoms with van der Waals surface area (Å²) < 4.78 is 41.7. The van der Waals surface area contributed by atoms with Gasteiger partial charge in [-0.05, 0) is 49.7 Å². The van der Waals surface area contributed by atoms with Gasteiger partial charge in [0.2, 0.25) is 0 Å². The molecular formula is C26H23F3N6O. The monoisotopic (exact) mass is 492 g/mol. The number of nitrogens with zero attached hydrogens (tertiary/aromatic N) is 5. The van der Waals surface area contributed by atoms with Gasteiger partial charge in [-0.3, -0.25) is 9.58 Å². The summed E-state index contributed by atoms with van der Waals surface area (Å²) in [7, 11) is 0. The number of fused-ring (bicyclic) bond motifs is 5. The Morgan fingerprint density at radius 2 is 1.97 bits per heavy atom. The summed E-state index contributed by atoms with van der Waals surface area (Å²) in [6, 6.07) is 13.9. The van der Waals surface area contributed by atoms with E-state index in [1.807, 2.05) is 35.9 Å². The number of hydrogen-bond donors (Lipinski definition) is 1. The number of amides is 2. The number of aryl methyl sites for hydroxylation is 1. The number of carbonyl (C=O) groups is 1. The van der Waals surface area contributed by atoms with E-state index in [-0.39, 0.29) is 12.1 Å². The van der Waals surface area contributed by atoms with Crippen molar-refractivity contribution in [1.29, 1.82) is 0 Å². The zero-order valence-electron chi connectivity index (χ0n) is 19.5. The molecule has 1 fully saturated rings. The van der Waals surface area contributed by atoms with Gasteiger partial charge in [-0.1, -0.05) is 18.2 Å². The predicted octanol–water partition coefficient (Wildman–Crippen LogP) is 5.77. The Balaban J connectivity index is 1.38. The fourth-order valence-corrected chi connectivity index (χ4v) is 5.13. The summed E-state index contributed by atoms with van der Waals surface area (Å²) >= 11 is 0. The van der Waals surface area contributed by atoms with Crippen LogP contribution in [0.1, 0.15) is 18.9 Å². The molecule has 2 aliphatic rings. The average molecular weight is 493 g/mol. The van der Waals surface area contributed by atoms with E-state index in [0.717, 1.165) is 41.7 Å². The number of anilines is 3. The maximum absolute atomic E-state index is 13.7. The lowest BCUT2D eigenvalue weighted by molar-refractivity contribution is -0.137. The van der Waals surface area contributed by atoms with Crippen LogP contribution >= 0.6 is 0 Å². The Labute approximate surface area is 205 Å². The zero-order chi connectivity index (χ0) is 25.0. The van der Waals surface area contributed by atoms with E-state index in [4.69, 9.17) is 4.98 Å². The molecule has 184 valence electrons. The number of rotatable bonds is 3. The third-order valence-electron chi connectivity index (χ3n) is 6.88. The van der Waals surface area contributed by atoms with Crippen LogP contribution in [0.4, 0.5) is 35.2 Å². The molecule has 4 aromatic rings. The second kappa shape index (κ2) is 8.25. The Morgan fingerprint density at radius 1 is 1.14 bits per heavy atom. The molecule has 1 N–H and O–H groups in total. The number of urea groups is 1. The molecule has 2 amide bonds. The van der Waals surface area contributed by atoms with Gasteiger partial charge in [0, 0.05) is 30.6 Å². The first-order valence-electron chi connectivity index (χ1n) is 11.8. The molecule has 1 atom stereocenters. The van der Waals surface area contributed by atoms with Crippen molar-refractivity contribution in [1.82, 2.24) is 14.8 Å². The average Bonchev–Trinajstić information content (AvgIpc) is 3.49. The highest BCUT2D eigenvalue weighted by molar-refractivity contribution is 6.08. The molecular weight excluding hydrogens is 469 g/mol. The quantitative estimate of drug-likeness (QED) is 0.395. The lowest BCUT2D eigenvalue weighted by Gasteiger charge is -2.36. The molecule has 4 heterocycles. The van der Waals surface area contributed by atoms with Crippen molar-refractivity contribution < 1.29 is 18.0 Å². The fourth-order valence-electron chi connectivity index (χ4n) is 5.13. The number of hydrogen-bond acceptors (Lipinski definition) is 4. The molecule has 0 unspecified atom stereocenters. The van der Waals surface area contributed by atoms with E-state index in [2.05, 4.69) is 15.3 Å². The van der Waals surface area contributed by atoms with Crippen LogP contribution in [0.15, 0.2) is 60.8 Å². The van der Waals surface area contributed by atoms with Crippen molar-refractivity contribution in [2.45, 2.75) is 32.1 Å². The van der Waals surface area contributed by atoms with E-state index in [1.54, 1.807) is 23.2 Å². The third-order valence-corrected chi connectivity index (χ3v) is 6.88. The molecule has 0 aliphatic carbocycles. The summed E-state index contributed by atoms with van der Waals surface area (Å²) in [4.78, 5) is 22.2. The Kier molecular flexibility index (Phi) is 5.13. The second-order valence-corrected chi connectivity index (χ2v) is 9.01. The highest BCUT2D eigenvalue weighted by Gasteiger charge is 2.40. The number of pyridine rings is 1. The van der Waals surface area contributed by atoms with Gasteiger partial charge in [0.15, 0.2) is 5.82 Å². The maximum Gasteiger partial charge on any atom is 0.416 e. The van der Waals surface area contributed by atoms with E-state index in [1.165, 1.54) is 6.07 Å². The van der Waals surface area contributed by atoms with Crippen molar-refractivity contribution in [3.05, 3.63) is 66.4 Å². The minimum Gasteiger partial charge on any atom is -0.366 e. The van der Waals surface area contributed by atoms with E-state index < -0.39 is 11.7 Å². The van der Waals surface area contributed by atoms with Gasteiger partial charge in [0.05, 0.1) is 40.4 Å². The smallest absolute Gasteiger partial charge is 0.366 e. The first-order valence-corrected chi connectivity index (χ1v) is 11.8. The maximum atomic E-state index is 13.7. The van der Waals surface area contributed by atoms with Crippen LogP contribution in [0.2, 0.25) is 0 Å². The standard InChI is InChI=1S/C26H23F3N6O/c1-2-34-22-8-4-7-21(19(22)14-30-34)32-25(36)35-18-11-12-33(15-18)23-10-9-20(31-24(23)35)16-5-3-6-17(13-16)26(27,28)29/h3-10,13-14,18H,2,11-12,15H2,1H3,(H,32,36)/t18-/m0/s1. The molecule has 0 radical (unpaired) electrons. The predicted molar refractivity (Wildman–Crippen MR) is 132 cm³/mol. The van der Waals surface area contributed by atoms with Gasteiger partial charge in [-0.25, -0.2) is 9.78 Å². The van der Waals surface area contributed by atoms with Gasteiger partial charge < -0.3 is 10.2 Å². The zero-order valence-corrected chi connectivity index (χ0v) is 19.5. The van der Waals surface area contributed by atoms with Crippen molar-refractivity contribution in [2.24, 2.45) is 0 Å². The number of alkyl halides is 3. The Hall–Kier alpha value is -4.08. The minimum atomic E-state index is -4.45. The van der Waals surface area contributed by atoms with Crippen LogP contribution in [0, 0.1) is 0 Å². The molecule has 7 nitrogen and oxygen atoms in total. The molecule has 2 aliphatic heterocycles. The highest BCUT2D eigenvalue weighted by atomic mass is 19.4. The minimum absolute atomic E-state index is 0.0840. The summed E-state index contributed by atoms with van der Waals surface area (Å²) in [6.45, 7) is 4.18. The van der Waals surface area contributed by atoms with E-state index in [9.17, 15) is 18.0 Å². The third kappa shape index (κ3) is 3.64. The van der Waals surface area contributed by atoms with E-state index in [0.29, 0.717) is 35.9 Å². The molecule has 0 saturated carbocycles. The Morgan fingerprint density at radius 3 is 2.78 bits per heavy atom. The molecule has 2 aromatic carbocycles. The van der Waals surface area contributed by atoms with Crippen LogP contribution < -0.4 is 15.1 Å². The summed E-state index contributed by atoms with van der Waals surface area (Å²) in [6.07, 6.45) is -1.94. The first kappa shape index (κ1) is 22.4. The van der Waals surface area contributed by atoms with E-state index >= 15 is 0 Å². The van der Waals surface area contributed by atoms with Crippen LogP contribution in [-0.2, 0) is 12.7 Å². The van der Waals surface area contributed by atoms with Crippen LogP contribution in [-0.4, -0.2) is 39.9 Å². The molecule has 1 saturated heterocycles. The largest absolute Gasteiger partial charge is 0.416 e. The molecule has 6 rings (SSSR count). The van der Waals surface area contributed by atoms with Crippen molar-refractivity contribution >= 4 is 34.1 Å². The molecule has 2 bridgehead atoms. The van der Waals surface area contributed by atoms with Crippen molar-refractivity contribution in [2.75, 3.05) is 28.2 Å². The first-order chi connectivity index (χ1) is 17.3. The Bertz CT molecular complexity index is 1480. The SMILES string of the molecule is CCn1ncc2c(NC(=O)N3c4nc(-c5cccc(C(F)(F)F)c5)ccc4N4CC[C@H]3C4)cccc21. The number of aromatic nitrogens is 3.